The third kappa shape index (κ3) is 4.33. The fourth-order valence-electron chi connectivity index (χ4n) is 1.19. The van der Waals surface area contributed by atoms with E-state index in [-0.39, 0.29) is 11.6 Å². The van der Waals surface area contributed by atoms with Crippen LogP contribution in [0.5, 0.6) is 5.75 Å². The molecule has 0 atom stereocenters. The third-order valence-electron chi connectivity index (χ3n) is 1.96. The van der Waals surface area contributed by atoms with Crippen molar-refractivity contribution >= 4 is 8.56 Å². The van der Waals surface area contributed by atoms with Gasteiger partial charge in [-0.2, -0.15) is 0 Å². The molecule has 0 bridgehead atoms. The molecule has 0 radical (unpaired) electrons. The molecule has 1 aromatic carbocycles. The molecule has 0 saturated carbocycles. The highest BCUT2D eigenvalue weighted by molar-refractivity contribution is 6.65. The summed E-state index contributed by atoms with van der Waals surface area (Å²) in [5.74, 6) is 0.398. The molecule has 0 unspecified atom stereocenters. The van der Waals surface area contributed by atoms with E-state index in [0.29, 0.717) is 12.5 Å². The maximum atomic E-state index is 13.4. The molecule has 0 aliphatic heterocycles. The first-order chi connectivity index (χ1) is 7.41. The van der Waals surface area contributed by atoms with Crippen molar-refractivity contribution in [3.05, 3.63) is 30.1 Å². The van der Waals surface area contributed by atoms with Crippen molar-refractivity contribution in [1.29, 1.82) is 0 Å². The highest BCUT2D eigenvalue weighted by Crippen LogP contribution is 2.20. The second kappa shape index (κ2) is 5.45. The van der Waals surface area contributed by atoms with Crippen LogP contribution in [-0.2, 0) is 4.43 Å². The number of halogens is 1. The van der Waals surface area contributed by atoms with Crippen LogP contribution in [0.25, 0.3) is 0 Å². The standard InChI is InChI=1S/C12H19FO2Si/c1-10(2)9-14-16(3,4)15-12-8-6-5-7-11(12)13/h5-8,10H,9H2,1-4H3. The Kier molecular flexibility index (Phi) is 4.50. The maximum absolute atomic E-state index is 13.4. The van der Waals surface area contributed by atoms with Crippen LogP contribution in [0, 0.1) is 11.7 Å². The first-order valence-corrected chi connectivity index (χ1v) is 8.30. The zero-order valence-corrected chi connectivity index (χ0v) is 11.3. The molecule has 16 heavy (non-hydrogen) atoms. The minimum Gasteiger partial charge on any atom is -0.518 e. The molecule has 2 nitrogen and oxygen atoms in total. The molecule has 0 amide bonds. The molecule has 4 heteroatoms. The van der Waals surface area contributed by atoms with Gasteiger partial charge in [0, 0.05) is 6.61 Å². The zero-order valence-electron chi connectivity index (χ0n) is 10.3. The molecule has 0 spiro atoms. The summed E-state index contributed by atoms with van der Waals surface area (Å²) in [6.07, 6.45) is 0. The molecule has 0 aliphatic carbocycles. The molecule has 1 aromatic rings. The largest absolute Gasteiger partial charge is 0.518 e. The van der Waals surface area contributed by atoms with Crippen molar-refractivity contribution < 1.29 is 13.2 Å². The number of benzene rings is 1. The van der Waals surface area contributed by atoms with Gasteiger partial charge in [-0.15, -0.1) is 0 Å². The Morgan fingerprint density at radius 1 is 1.25 bits per heavy atom. The normalized spacial score (nSPS) is 11.9. The predicted octanol–water partition coefficient (Wildman–Crippen LogP) is 3.58. The van der Waals surface area contributed by atoms with E-state index in [9.17, 15) is 4.39 Å². The quantitative estimate of drug-likeness (QED) is 0.735. The molecular weight excluding hydrogens is 223 g/mol. The summed E-state index contributed by atoms with van der Waals surface area (Å²) in [5.41, 5.74) is 0. The summed E-state index contributed by atoms with van der Waals surface area (Å²) in [6.45, 7) is 8.64. The minimum atomic E-state index is -2.28. The van der Waals surface area contributed by atoms with E-state index in [1.54, 1.807) is 18.2 Å². The van der Waals surface area contributed by atoms with Crippen molar-refractivity contribution in [2.75, 3.05) is 6.61 Å². The average Bonchev–Trinajstić information content (AvgIpc) is 2.19. The first kappa shape index (κ1) is 13.2. The SMILES string of the molecule is CC(C)CO[Si](C)(C)Oc1ccccc1F. The van der Waals surface area contributed by atoms with E-state index in [2.05, 4.69) is 13.8 Å². The maximum Gasteiger partial charge on any atom is 0.392 e. The Bertz CT molecular complexity index is 340. The summed E-state index contributed by atoms with van der Waals surface area (Å²) in [5, 5.41) is 0. The fraction of sp³-hybridized carbons (Fsp3) is 0.500. The summed E-state index contributed by atoms with van der Waals surface area (Å²) in [7, 11) is -2.28. The predicted molar refractivity (Wildman–Crippen MR) is 65.3 cm³/mol. The van der Waals surface area contributed by atoms with Gasteiger partial charge in [-0.25, -0.2) is 4.39 Å². The summed E-state index contributed by atoms with van der Waals surface area (Å²) < 4.78 is 24.7. The van der Waals surface area contributed by atoms with Crippen LogP contribution in [0.2, 0.25) is 13.1 Å². The Balaban J connectivity index is 2.62. The van der Waals surface area contributed by atoms with Crippen molar-refractivity contribution in [3.8, 4) is 5.75 Å². The van der Waals surface area contributed by atoms with E-state index in [1.807, 2.05) is 13.1 Å². The van der Waals surface area contributed by atoms with Gasteiger partial charge in [0.15, 0.2) is 5.82 Å². The van der Waals surface area contributed by atoms with Crippen molar-refractivity contribution in [3.63, 3.8) is 0 Å². The number of hydrogen-bond donors (Lipinski definition) is 0. The van der Waals surface area contributed by atoms with E-state index >= 15 is 0 Å². The van der Waals surface area contributed by atoms with Crippen LogP contribution < -0.4 is 4.43 Å². The zero-order chi connectivity index (χ0) is 12.2. The molecule has 1 rings (SSSR count). The Labute approximate surface area is 97.6 Å². The van der Waals surface area contributed by atoms with Gasteiger partial charge < -0.3 is 8.85 Å². The lowest BCUT2D eigenvalue weighted by atomic mass is 10.2. The van der Waals surface area contributed by atoms with E-state index in [1.165, 1.54) is 6.07 Å². The van der Waals surface area contributed by atoms with Crippen LogP contribution in [0.15, 0.2) is 24.3 Å². The smallest absolute Gasteiger partial charge is 0.392 e. The first-order valence-electron chi connectivity index (χ1n) is 5.48. The summed E-state index contributed by atoms with van der Waals surface area (Å²) in [4.78, 5) is 0. The van der Waals surface area contributed by atoms with Gasteiger partial charge in [0.05, 0.1) is 0 Å². The van der Waals surface area contributed by atoms with Gasteiger partial charge in [-0.1, -0.05) is 26.0 Å². The third-order valence-corrected chi connectivity index (χ3v) is 3.53. The monoisotopic (exact) mass is 242 g/mol. The molecule has 0 saturated heterocycles. The lowest BCUT2D eigenvalue weighted by molar-refractivity contribution is 0.214. The average molecular weight is 242 g/mol. The van der Waals surface area contributed by atoms with Crippen LogP contribution in [-0.4, -0.2) is 15.2 Å². The van der Waals surface area contributed by atoms with E-state index in [0.717, 1.165) is 0 Å². The van der Waals surface area contributed by atoms with Gasteiger partial charge in [-0.3, -0.25) is 0 Å². The van der Waals surface area contributed by atoms with Gasteiger partial charge in [0.2, 0.25) is 0 Å². The second-order valence-electron chi connectivity index (χ2n) is 4.64. The molecule has 90 valence electrons. The second-order valence-corrected chi connectivity index (χ2v) is 7.93. The molecule has 0 N–H and O–H groups in total. The van der Waals surface area contributed by atoms with Crippen molar-refractivity contribution in [1.82, 2.24) is 0 Å². The van der Waals surface area contributed by atoms with Crippen LogP contribution in [0.1, 0.15) is 13.8 Å². The van der Waals surface area contributed by atoms with Gasteiger partial charge in [0.1, 0.15) is 5.75 Å². The number of rotatable bonds is 5. The summed E-state index contributed by atoms with van der Waals surface area (Å²) >= 11 is 0. The Morgan fingerprint density at radius 2 is 1.88 bits per heavy atom. The van der Waals surface area contributed by atoms with Gasteiger partial charge in [0.25, 0.3) is 0 Å². The lowest BCUT2D eigenvalue weighted by Crippen LogP contribution is -2.39. The number of para-hydroxylation sites is 1. The lowest BCUT2D eigenvalue weighted by Gasteiger charge is -2.25. The van der Waals surface area contributed by atoms with E-state index in [4.69, 9.17) is 8.85 Å². The highest BCUT2D eigenvalue weighted by atomic mass is 28.4. The topological polar surface area (TPSA) is 18.5 Å². The Hall–Kier alpha value is -0.873. The molecule has 0 aliphatic rings. The van der Waals surface area contributed by atoms with E-state index < -0.39 is 8.56 Å². The van der Waals surface area contributed by atoms with Crippen LogP contribution >= 0.6 is 0 Å². The molecule has 0 heterocycles. The van der Waals surface area contributed by atoms with Crippen molar-refractivity contribution in [2.24, 2.45) is 5.92 Å². The fourth-order valence-corrected chi connectivity index (χ4v) is 2.68. The van der Waals surface area contributed by atoms with Crippen LogP contribution in [0.4, 0.5) is 4.39 Å². The van der Waals surface area contributed by atoms with Crippen molar-refractivity contribution in [2.45, 2.75) is 26.9 Å². The van der Waals surface area contributed by atoms with Crippen LogP contribution in [0.3, 0.4) is 0 Å². The molecule has 0 aromatic heterocycles. The Morgan fingerprint density at radius 3 is 2.44 bits per heavy atom. The van der Waals surface area contributed by atoms with Gasteiger partial charge in [-0.05, 0) is 31.1 Å². The minimum absolute atomic E-state index is 0.280. The summed E-state index contributed by atoms with van der Waals surface area (Å²) in [6, 6.07) is 6.42. The highest BCUT2D eigenvalue weighted by Gasteiger charge is 2.28. The molecule has 0 fully saturated rings. The molecular formula is C12H19FO2Si. The number of hydrogen-bond acceptors (Lipinski definition) is 2. The van der Waals surface area contributed by atoms with Gasteiger partial charge >= 0.3 is 8.56 Å².